The zero-order valence-electron chi connectivity index (χ0n) is 10.4. The maximum absolute atomic E-state index is 11.1. The van der Waals surface area contributed by atoms with E-state index in [-0.39, 0.29) is 0 Å². The lowest BCUT2D eigenvalue weighted by molar-refractivity contribution is 0.0737. The van der Waals surface area contributed by atoms with Crippen molar-refractivity contribution in [1.29, 1.82) is 0 Å². The molecule has 0 heterocycles. The van der Waals surface area contributed by atoms with Gasteiger partial charge in [0.05, 0.1) is 0 Å². The van der Waals surface area contributed by atoms with Crippen molar-refractivity contribution in [2.45, 2.75) is 24.9 Å². The standard InChI is InChI=1S/C17H17O/c1-2-3-12-17(18)15-10-6-4-8-13(15)14-9-5-7-11-16(14)17/h4-11,18H,1-3,12H2. The molecule has 0 fully saturated rings. The monoisotopic (exact) mass is 237 g/mol. The van der Waals surface area contributed by atoms with E-state index in [0.29, 0.717) is 0 Å². The number of rotatable bonds is 3. The minimum Gasteiger partial charge on any atom is -0.380 e. The van der Waals surface area contributed by atoms with E-state index in [9.17, 15) is 5.11 Å². The zero-order valence-corrected chi connectivity index (χ0v) is 10.4. The number of hydrogen-bond donors (Lipinski definition) is 1. The summed E-state index contributed by atoms with van der Waals surface area (Å²) in [5, 5.41) is 11.1. The molecule has 91 valence electrons. The third kappa shape index (κ3) is 1.51. The van der Waals surface area contributed by atoms with Gasteiger partial charge in [-0.15, -0.1) is 0 Å². The number of hydrogen-bond acceptors (Lipinski definition) is 1. The van der Waals surface area contributed by atoms with Crippen molar-refractivity contribution in [2.75, 3.05) is 0 Å². The molecule has 2 aromatic rings. The van der Waals surface area contributed by atoms with Gasteiger partial charge in [-0.3, -0.25) is 0 Å². The predicted molar refractivity (Wildman–Crippen MR) is 74.1 cm³/mol. The number of aliphatic hydroxyl groups is 1. The Hall–Kier alpha value is -1.60. The van der Waals surface area contributed by atoms with Crippen LogP contribution in [0.1, 0.15) is 30.4 Å². The Bertz CT molecular complexity index is 526. The quantitative estimate of drug-likeness (QED) is 0.858. The van der Waals surface area contributed by atoms with E-state index in [1.54, 1.807) is 0 Å². The molecule has 0 spiro atoms. The molecule has 1 nitrogen and oxygen atoms in total. The molecule has 0 bridgehead atoms. The van der Waals surface area contributed by atoms with Gasteiger partial charge in [0.1, 0.15) is 5.60 Å². The molecule has 1 radical (unpaired) electrons. The lowest BCUT2D eigenvalue weighted by Crippen LogP contribution is -2.24. The molecule has 18 heavy (non-hydrogen) atoms. The van der Waals surface area contributed by atoms with Gasteiger partial charge in [-0.2, -0.15) is 0 Å². The van der Waals surface area contributed by atoms with Gasteiger partial charge >= 0.3 is 0 Å². The molecule has 1 aliphatic rings. The topological polar surface area (TPSA) is 20.2 Å². The highest BCUT2D eigenvalue weighted by Crippen LogP contribution is 2.49. The minimum atomic E-state index is -0.828. The van der Waals surface area contributed by atoms with Crippen LogP contribution >= 0.6 is 0 Å². The maximum atomic E-state index is 11.1. The van der Waals surface area contributed by atoms with Crippen molar-refractivity contribution in [3.63, 3.8) is 0 Å². The third-order valence-corrected chi connectivity index (χ3v) is 3.82. The summed E-state index contributed by atoms with van der Waals surface area (Å²) >= 11 is 0. The average Bonchev–Trinajstić information content (AvgIpc) is 2.69. The van der Waals surface area contributed by atoms with E-state index in [4.69, 9.17) is 0 Å². The molecule has 1 N–H and O–H groups in total. The van der Waals surface area contributed by atoms with Crippen LogP contribution in [0.2, 0.25) is 0 Å². The van der Waals surface area contributed by atoms with E-state index in [0.717, 1.165) is 30.4 Å². The van der Waals surface area contributed by atoms with Crippen molar-refractivity contribution in [1.82, 2.24) is 0 Å². The van der Waals surface area contributed by atoms with Crippen molar-refractivity contribution in [2.24, 2.45) is 0 Å². The highest BCUT2D eigenvalue weighted by Gasteiger charge is 2.40. The van der Waals surface area contributed by atoms with Gasteiger partial charge < -0.3 is 5.11 Å². The van der Waals surface area contributed by atoms with E-state index in [1.807, 2.05) is 36.4 Å². The SMILES string of the molecule is [CH2]CCCC1(O)c2ccccc2-c2ccccc21. The van der Waals surface area contributed by atoms with E-state index in [1.165, 1.54) is 11.1 Å². The fourth-order valence-corrected chi connectivity index (χ4v) is 2.95. The summed E-state index contributed by atoms with van der Waals surface area (Å²) in [7, 11) is 0. The van der Waals surface area contributed by atoms with Gasteiger partial charge in [-0.25, -0.2) is 0 Å². The van der Waals surface area contributed by atoms with Crippen LogP contribution in [0.3, 0.4) is 0 Å². The molecule has 2 aromatic carbocycles. The van der Waals surface area contributed by atoms with Gasteiger partial charge in [0.25, 0.3) is 0 Å². The second-order valence-corrected chi connectivity index (χ2v) is 4.91. The summed E-state index contributed by atoms with van der Waals surface area (Å²) in [6, 6.07) is 16.3. The van der Waals surface area contributed by atoms with E-state index >= 15 is 0 Å². The highest BCUT2D eigenvalue weighted by atomic mass is 16.3. The lowest BCUT2D eigenvalue weighted by Gasteiger charge is -2.25. The average molecular weight is 237 g/mol. The first-order valence-electron chi connectivity index (χ1n) is 6.48. The first-order chi connectivity index (χ1) is 8.77. The summed E-state index contributed by atoms with van der Waals surface area (Å²) in [5.74, 6) is 0. The van der Waals surface area contributed by atoms with Crippen LogP contribution in [-0.4, -0.2) is 5.11 Å². The summed E-state index contributed by atoms with van der Waals surface area (Å²) in [6.45, 7) is 3.88. The molecule has 3 rings (SSSR count). The van der Waals surface area contributed by atoms with Crippen LogP contribution in [0.25, 0.3) is 11.1 Å². The molecule has 1 aliphatic carbocycles. The third-order valence-electron chi connectivity index (χ3n) is 3.82. The molecule has 0 aliphatic heterocycles. The van der Waals surface area contributed by atoms with Crippen LogP contribution in [0.4, 0.5) is 0 Å². The van der Waals surface area contributed by atoms with Crippen molar-refractivity contribution >= 4 is 0 Å². The fraction of sp³-hybridized carbons (Fsp3) is 0.235. The fourth-order valence-electron chi connectivity index (χ4n) is 2.95. The normalized spacial score (nSPS) is 15.2. The van der Waals surface area contributed by atoms with E-state index in [2.05, 4.69) is 19.1 Å². The second-order valence-electron chi connectivity index (χ2n) is 4.91. The molecule has 0 atom stereocenters. The van der Waals surface area contributed by atoms with Crippen LogP contribution < -0.4 is 0 Å². The van der Waals surface area contributed by atoms with Crippen molar-refractivity contribution in [3.8, 4) is 11.1 Å². The number of benzene rings is 2. The second kappa shape index (κ2) is 4.25. The molecule has 0 saturated heterocycles. The smallest absolute Gasteiger partial charge is 0.116 e. The molecule has 1 heteroatoms. The number of fused-ring (bicyclic) bond motifs is 3. The summed E-state index contributed by atoms with van der Waals surface area (Å²) < 4.78 is 0. The Morgan fingerprint density at radius 2 is 1.39 bits per heavy atom. The van der Waals surface area contributed by atoms with Gasteiger partial charge in [0, 0.05) is 0 Å². The Morgan fingerprint density at radius 3 is 1.89 bits per heavy atom. The van der Waals surface area contributed by atoms with Crippen molar-refractivity contribution < 1.29 is 5.11 Å². The largest absolute Gasteiger partial charge is 0.380 e. The summed E-state index contributed by atoms with van der Waals surface area (Å²) in [4.78, 5) is 0. The Morgan fingerprint density at radius 1 is 0.889 bits per heavy atom. The van der Waals surface area contributed by atoms with Gasteiger partial charge in [0.2, 0.25) is 0 Å². The first-order valence-corrected chi connectivity index (χ1v) is 6.48. The maximum Gasteiger partial charge on any atom is 0.116 e. The minimum absolute atomic E-state index is 0.741. The van der Waals surface area contributed by atoms with Crippen LogP contribution in [-0.2, 0) is 5.60 Å². The van der Waals surface area contributed by atoms with Crippen molar-refractivity contribution in [3.05, 3.63) is 66.6 Å². The molecular formula is C17H17O. The van der Waals surface area contributed by atoms with Gasteiger partial charge in [0.15, 0.2) is 0 Å². The summed E-state index contributed by atoms with van der Waals surface area (Å²) in [5.41, 5.74) is 3.59. The van der Waals surface area contributed by atoms with Gasteiger partial charge in [-0.1, -0.05) is 61.9 Å². The first kappa shape index (κ1) is 11.5. The Labute approximate surface area is 108 Å². The molecule has 0 amide bonds. The Balaban J connectivity index is 2.20. The molecule has 0 saturated carbocycles. The highest BCUT2D eigenvalue weighted by molar-refractivity contribution is 5.79. The number of unbranched alkanes of at least 4 members (excludes halogenated alkanes) is 1. The van der Waals surface area contributed by atoms with Crippen LogP contribution in [0.15, 0.2) is 48.5 Å². The van der Waals surface area contributed by atoms with Crippen LogP contribution in [0, 0.1) is 6.92 Å². The molecule has 0 aromatic heterocycles. The molecular weight excluding hydrogens is 220 g/mol. The lowest BCUT2D eigenvalue weighted by atomic mass is 9.86. The Kier molecular flexibility index (Phi) is 2.71. The van der Waals surface area contributed by atoms with Gasteiger partial charge in [-0.05, 0) is 35.1 Å². The van der Waals surface area contributed by atoms with Crippen LogP contribution in [0.5, 0.6) is 0 Å². The van der Waals surface area contributed by atoms with E-state index < -0.39 is 5.60 Å². The molecule has 0 unspecified atom stereocenters. The summed E-state index contributed by atoms with van der Waals surface area (Å²) in [6.07, 6.45) is 2.52. The predicted octanol–water partition coefficient (Wildman–Crippen LogP) is 3.91. The zero-order chi connectivity index (χ0) is 12.6.